The molecule has 0 aromatic carbocycles. The van der Waals surface area contributed by atoms with Gasteiger partial charge in [-0.1, -0.05) is 5.92 Å². The molecule has 154 valence electrons. The zero-order valence-electron chi connectivity index (χ0n) is 16.9. The van der Waals surface area contributed by atoms with Crippen LogP contribution in [-0.4, -0.2) is 47.2 Å². The van der Waals surface area contributed by atoms with E-state index in [1.54, 1.807) is 30.1 Å². The van der Waals surface area contributed by atoms with Crippen molar-refractivity contribution in [3.8, 4) is 17.6 Å². The maximum atomic E-state index is 12.1. The van der Waals surface area contributed by atoms with Crippen LogP contribution >= 0.6 is 0 Å². The molecule has 9 nitrogen and oxygen atoms in total. The van der Waals surface area contributed by atoms with E-state index in [0.29, 0.717) is 41.1 Å². The van der Waals surface area contributed by atoms with Crippen LogP contribution in [0.5, 0.6) is 5.75 Å². The van der Waals surface area contributed by atoms with Crippen molar-refractivity contribution in [2.45, 2.75) is 25.9 Å². The van der Waals surface area contributed by atoms with E-state index in [-0.39, 0.29) is 12.1 Å². The predicted octanol–water partition coefficient (Wildman–Crippen LogP) is 1.74. The van der Waals surface area contributed by atoms with E-state index in [2.05, 4.69) is 32.6 Å². The lowest BCUT2D eigenvalue weighted by Gasteiger charge is -2.13. The Balaban J connectivity index is 1.54. The number of nitrogens with one attached hydrogen (secondary N) is 2. The lowest BCUT2D eigenvalue weighted by atomic mass is 10.2. The number of nitrogens with zero attached hydrogens (tertiary/aromatic N) is 3. The van der Waals surface area contributed by atoms with Gasteiger partial charge < -0.3 is 20.5 Å². The van der Waals surface area contributed by atoms with Gasteiger partial charge in [0, 0.05) is 44.1 Å². The Morgan fingerprint density at radius 1 is 1.41 bits per heavy atom. The molecule has 1 unspecified atom stereocenters. The second-order valence-electron chi connectivity index (χ2n) is 7.02. The average molecular weight is 398 g/mol. The number of ether oxygens (including phenoxy) is 2. The van der Waals surface area contributed by atoms with Crippen LogP contribution in [0.2, 0.25) is 0 Å². The largest absolute Gasteiger partial charge is 0.493 e. The van der Waals surface area contributed by atoms with Crippen molar-refractivity contribution in [3.05, 3.63) is 29.6 Å². The van der Waals surface area contributed by atoms with E-state index in [0.717, 1.165) is 6.61 Å². The molecule has 2 aromatic rings. The first-order valence-electron chi connectivity index (χ1n) is 9.46. The Hall–Kier alpha value is -3.25. The molecule has 0 bridgehead atoms. The molecule has 0 saturated heterocycles. The molecular weight excluding hydrogens is 372 g/mol. The molecule has 1 aliphatic carbocycles. The molecule has 1 atom stereocenters. The van der Waals surface area contributed by atoms with Gasteiger partial charge in [0.2, 0.25) is 0 Å². The van der Waals surface area contributed by atoms with E-state index in [1.807, 2.05) is 6.92 Å². The number of aryl methyl sites for hydroxylation is 1. The topological polar surface area (TPSA) is 116 Å². The average Bonchev–Trinajstić information content (AvgIpc) is 3.47. The second-order valence-corrected chi connectivity index (χ2v) is 7.02. The smallest absolute Gasteiger partial charge is 0.320 e. The maximum Gasteiger partial charge on any atom is 0.320 e. The first kappa shape index (κ1) is 20.5. The fourth-order valence-corrected chi connectivity index (χ4v) is 2.51. The van der Waals surface area contributed by atoms with Gasteiger partial charge in [0.05, 0.1) is 13.2 Å². The first-order chi connectivity index (χ1) is 13.9. The molecule has 1 fully saturated rings. The summed E-state index contributed by atoms with van der Waals surface area (Å²) in [6.45, 7) is 3.14. The fourth-order valence-electron chi connectivity index (χ4n) is 2.51. The highest BCUT2D eigenvalue weighted by molar-refractivity contribution is 5.88. The van der Waals surface area contributed by atoms with Crippen LogP contribution in [0.3, 0.4) is 0 Å². The SMILES string of the molecule is COc1cc(C#Cc2cc(NC(=O)NCC(C)OCC3CC3)nn2C)cnc1N. The highest BCUT2D eigenvalue weighted by Crippen LogP contribution is 2.29. The van der Waals surface area contributed by atoms with Crippen LogP contribution in [-0.2, 0) is 11.8 Å². The van der Waals surface area contributed by atoms with E-state index >= 15 is 0 Å². The molecular formula is C20H26N6O3. The number of pyridine rings is 1. The van der Waals surface area contributed by atoms with Crippen LogP contribution < -0.4 is 21.1 Å². The number of nitrogen functional groups attached to an aromatic ring is 1. The minimum Gasteiger partial charge on any atom is -0.493 e. The molecule has 0 spiro atoms. The van der Waals surface area contributed by atoms with E-state index in [1.165, 1.54) is 20.0 Å². The number of carbonyl (C=O) groups is 1. The summed E-state index contributed by atoms with van der Waals surface area (Å²) < 4.78 is 12.4. The molecule has 0 aliphatic heterocycles. The lowest BCUT2D eigenvalue weighted by molar-refractivity contribution is 0.0601. The summed E-state index contributed by atoms with van der Waals surface area (Å²) in [4.78, 5) is 16.1. The zero-order valence-corrected chi connectivity index (χ0v) is 16.9. The van der Waals surface area contributed by atoms with Crippen molar-refractivity contribution < 1.29 is 14.3 Å². The van der Waals surface area contributed by atoms with Gasteiger partial charge in [-0.05, 0) is 31.6 Å². The monoisotopic (exact) mass is 398 g/mol. The summed E-state index contributed by atoms with van der Waals surface area (Å²) in [6, 6.07) is 3.07. The second kappa shape index (κ2) is 9.30. The number of aromatic nitrogens is 3. The number of rotatable bonds is 7. The Labute approximate surface area is 170 Å². The van der Waals surface area contributed by atoms with Crippen molar-refractivity contribution in [1.82, 2.24) is 20.1 Å². The summed E-state index contributed by atoms with van der Waals surface area (Å²) >= 11 is 0. The number of amides is 2. The van der Waals surface area contributed by atoms with Gasteiger partial charge in [-0.15, -0.1) is 0 Å². The molecule has 4 N–H and O–H groups in total. The number of nitrogens with two attached hydrogens (primary N) is 1. The third-order valence-corrected chi connectivity index (χ3v) is 4.42. The van der Waals surface area contributed by atoms with Gasteiger partial charge in [0.15, 0.2) is 17.4 Å². The summed E-state index contributed by atoms with van der Waals surface area (Å²) in [5, 5.41) is 9.75. The Bertz CT molecular complexity index is 926. The van der Waals surface area contributed by atoms with Crippen molar-refractivity contribution >= 4 is 17.7 Å². The molecule has 3 rings (SSSR count). The molecule has 2 heterocycles. The molecule has 1 aliphatic rings. The van der Waals surface area contributed by atoms with Gasteiger partial charge in [0.25, 0.3) is 0 Å². The van der Waals surface area contributed by atoms with Gasteiger partial charge >= 0.3 is 6.03 Å². The lowest BCUT2D eigenvalue weighted by Crippen LogP contribution is -2.35. The van der Waals surface area contributed by atoms with Gasteiger partial charge in [-0.25, -0.2) is 9.78 Å². The standard InChI is InChI=1S/C20H26N6O3/c1-13(29-12-14-4-5-14)10-23-20(27)24-18-9-16(26(2)25-18)7-6-15-8-17(28-3)19(21)22-11-15/h8-9,11,13-14H,4-5,10,12H2,1-3H3,(H2,21,22)(H2,23,24,25,27). The van der Waals surface area contributed by atoms with Gasteiger partial charge in [0.1, 0.15) is 5.69 Å². The molecule has 29 heavy (non-hydrogen) atoms. The summed E-state index contributed by atoms with van der Waals surface area (Å²) in [6.07, 6.45) is 4.03. The predicted molar refractivity (Wildman–Crippen MR) is 110 cm³/mol. The highest BCUT2D eigenvalue weighted by Gasteiger charge is 2.22. The fraction of sp³-hybridized carbons (Fsp3) is 0.450. The third-order valence-electron chi connectivity index (χ3n) is 4.42. The normalized spacial score (nSPS) is 13.9. The summed E-state index contributed by atoms with van der Waals surface area (Å²) in [7, 11) is 3.28. The number of anilines is 2. The van der Waals surface area contributed by atoms with Crippen LogP contribution in [0.4, 0.5) is 16.4 Å². The Morgan fingerprint density at radius 3 is 2.93 bits per heavy atom. The van der Waals surface area contributed by atoms with Crippen LogP contribution in [0.15, 0.2) is 18.3 Å². The Morgan fingerprint density at radius 2 is 2.21 bits per heavy atom. The van der Waals surface area contributed by atoms with Crippen LogP contribution in [0.1, 0.15) is 31.0 Å². The Kier molecular flexibility index (Phi) is 6.57. The summed E-state index contributed by atoms with van der Waals surface area (Å²) in [5.41, 5.74) is 7.00. The van der Waals surface area contributed by atoms with Crippen molar-refractivity contribution in [3.63, 3.8) is 0 Å². The maximum absolute atomic E-state index is 12.1. The van der Waals surface area contributed by atoms with Gasteiger partial charge in [-0.2, -0.15) is 5.10 Å². The number of hydrogen-bond donors (Lipinski definition) is 3. The van der Waals surface area contributed by atoms with E-state index in [4.69, 9.17) is 15.2 Å². The van der Waals surface area contributed by atoms with Gasteiger partial charge in [-0.3, -0.25) is 10.00 Å². The van der Waals surface area contributed by atoms with Crippen LogP contribution in [0, 0.1) is 17.8 Å². The number of methoxy groups -OCH3 is 1. The minimum atomic E-state index is -0.336. The molecule has 0 radical (unpaired) electrons. The van der Waals surface area contributed by atoms with Crippen molar-refractivity contribution in [2.75, 3.05) is 31.3 Å². The third kappa shape index (κ3) is 6.12. The van der Waals surface area contributed by atoms with Crippen molar-refractivity contribution in [2.24, 2.45) is 13.0 Å². The number of urea groups is 1. The quantitative estimate of drug-likeness (QED) is 0.612. The molecule has 1 saturated carbocycles. The van der Waals surface area contributed by atoms with E-state index in [9.17, 15) is 4.79 Å². The highest BCUT2D eigenvalue weighted by atomic mass is 16.5. The number of hydrogen-bond acceptors (Lipinski definition) is 6. The minimum absolute atomic E-state index is 0.0305. The molecule has 9 heteroatoms. The summed E-state index contributed by atoms with van der Waals surface area (Å²) in [5.74, 6) is 7.87. The van der Waals surface area contributed by atoms with E-state index < -0.39 is 0 Å². The zero-order chi connectivity index (χ0) is 20.8. The van der Waals surface area contributed by atoms with Crippen LogP contribution in [0.25, 0.3) is 0 Å². The number of carbonyl (C=O) groups excluding carboxylic acids is 1. The van der Waals surface area contributed by atoms with Crippen molar-refractivity contribution in [1.29, 1.82) is 0 Å². The first-order valence-corrected chi connectivity index (χ1v) is 9.46. The molecule has 2 aromatic heterocycles. The molecule has 2 amide bonds.